The number of hydrogen-bond donors (Lipinski definition) is 2. The Morgan fingerprint density at radius 1 is 1.35 bits per heavy atom. The van der Waals surface area contributed by atoms with E-state index in [0.29, 0.717) is 5.56 Å². The summed E-state index contributed by atoms with van der Waals surface area (Å²) >= 11 is 0. The lowest BCUT2D eigenvalue weighted by Gasteiger charge is -2.13. The molecule has 17 heavy (non-hydrogen) atoms. The Hall–Kier alpha value is -1.65. The molecule has 1 heterocycles. The van der Waals surface area contributed by atoms with Crippen LogP contribution in [0.4, 0.5) is 0 Å². The summed E-state index contributed by atoms with van der Waals surface area (Å²) in [7, 11) is 0. The van der Waals surface area contributed by atoms with Gasteiger partial charge in [-0.2, -0.15) is 0 Å². The molecule has 0 radical (unpaired) electrons. The lowest BCUT2D eigenvalue weighted by molar-refractivity contribution is 0.0383. The van der Waals surface area contributed by atoms with E-state index in [1.807, 2.05) is 12.2 Å². The van der Waals surface area contributed by atoms with Gasteiger partial charge in [0.1, 0.15) is 0 Å². The fourth-order valence-electron chi connectivity index (χ4n) is 1.29. The first kappa shape index (κ1) is 13.4. The smallest absolute Gasteiger partial charge is 0.335 e. The van der Waals surface area contributed by atoms with Gasteiger partial charge in [0.2, 0.25) is 0 Å². The Kier molecular flexibility index (Phi) is 5.99. The number of ether oxygens (including phenoxy) is 1. The van der Waals surface area contributed by atoms with Crippen LogP contribution in [0.15, 0.2) is 42.5 Å². The van der Waals surface area contributed by atoms with Crippen molar-refractivity contribution in [2.24, 2.45) is 0 Å². The Morgan fingerprint density at radius 2 is 2.06 bits per heavy atom. The molecule has 0 bridgehead atoms. The van der Waals surface area contributed by atoms with E-state index in [4.69, 9.17) is 14.9 Å². The molecule has 0 fully saturated rings. The summed E-state index contributed by atoms with van der Waals surface area (Å²) < 4.78 is 5.09. The van der Waals surface area contributed by atoms with Crippen LogP contribution in [0.5, 0.6) is 0 Å². The summed E-state index contributed by atoms with van der Waals surface area (Å²) in [6.07, 6.45) is 4.87. The number of carboxylic acids is 1. The molecular formula is C13H16O4. The largest absolute Gasteiger partial charge is 0.478 e. The first-order chi connectivity index (χ1) is 8.24. The van der Waals surface area contributed by atoms with Gasteiger partial charge >= 0.3 is 5.97 Å². The van der Waals surface area contributed by atoms with Gasteiger partial charge in [-0.3, -0.25) is 0 Å². The minimum absolute atomic E-state index is 0.0382. The van der Waals surface area contributed by atoms with Gasteiger partial charge in [-0.25, -0.2) is 4.79 Å². The number of rotatable bonds is 2. The first-order valence-corrected chi connectivity index (χ1v) is 5.41. The van der Waals surface area contributed by atoms with Crippen LogP contribution in [0, 0.1) is 0 Å². The molecule has 0 aliphatic carbocycles. The average molecular weight is 236 g/mol. The minimum Gasteiger partial charge on any atom is -0.478 e. The van der Waals surface area contributed by atoms with E-state index in [-0.39, 0.29) is 12.7 Å². The van der Waals surface area contributed by atoms with Gasteiger partial charge in [-0.15, -0.1) is 0 Å². The SMILES string of the molecule is O=C(O)c1ccccc1.OCC1C=CCCO1. The van der Waals surface area contributed by atoms with Gasteiger partial charge in [-0.1, -0.05) is 30.4 Å². The molecule has 0 spiro atoms. The molecular weight excluding hydrogens is 220 g/mol. The quantitative estimate of drug-likeness (QED) is 0.767. The van der Waals surface area contributed by atoms with Gasteiger partial charge in [0.15, 0.2) is 0 Å². The molecule has 0 saturated carbocycles. The van der Waals surface area contributed by atoms with Crippen molar-refractivity contribution in [1.29, 1.82) is 0 Å². The molecule has 0 saturated heterocycles. The molecule has 1 aromatic carbocycles. The van der Waals surface area contributed by atoms with Crippen molar-refractivity contribution in [2.45, 2.75) is 12.5 Å². The second-order valence-corrected chi connectivity index (χ2v) is 3.48. The van der Waals surface area contributed by atoms with E-state index < -0.39 is 5.97 Å². The number of aliphatic hydroxyl groups excluding tert-OH is 1. The molecule has 2 rings (SSSR count). The Bertz CT molecular complexity index is 359. The summed E-state index contributed by atoms with van der Waals surface area (Å²) in [6.45, 7) is 0.859. The van der Waals surface area contributed by atoms with Crippen molar-refractivity contribution in [2.75, 3.05) is 13.2 Å². The summed E-state index contributed by atoms with van der Waals surface area (Å²) in [6, 6.07) is 8.30. The first-order valence-electron chi connectivity index (χ1n) is 5.41. The van der Waals surface area contributed by atoms with Crippen molar-refractivity contribution >= 4 is 5.97 Å². The van der Waals surface area contributed by atoms with E-state index in [0.717, 1.165) is 13.0 Å². The van der Waals surface area contributed by atoms with Crippen LogP contribution in [-0.4, -0.2) is 35.5 Å². The van der Waals surface area contributed by atoms with Crippen molar-refractivity contribution in [1.82, 2.24) is 0 Å². The Balaban J connectivity index is 0.000000171. The van der Waals surface area contributed by atoms with Crippen LogP contribution in [0.3, 0.4) is 0 Å². The maximum atomic E-state index is 10.2. The summed E-state index contributed by atoms with van der Waals surface area (Å²) in [5.41, 5.74) is 0.331. The standard InChI is InChI=1S/C7H6O2.C6H10O2/c8-7(9)6-4-2-1-3-5-6;7-5-6-3-1-2-4-8-6/h1-5H,(H,8,9);1,3,6-7H,2,4-5H2. The van der Waals surface area contributed by atoms with Crippen molar-refractivity contribution < 1.29 is 19.7 Å². The minimum atomic E-state index is -0.879. The number of aromatic carboxylic acids is 1. The van der Waals surface area contributed by atoms with Crippen LogP contribution >= 0.6 is 0 Å². The van der Waals surface area contributed by atoms with E-state index in [2.05, 4.69) is 0 Å². The zero-order valence-electron chi connectivity index (χ0n) is 9.45. The van der Waals surface area contributed by atoms with Crippen molar-refractivity contribution in [3.8, 4) is 0 Å². The molecule has 92 valence electrons. The summed E-state index contributed by atoms with van der Waals surface area (Å²) in [5.74, 6) is -0.879. The maximum Gasteiger partial charge on any atom is 0.335 e. The van der Waals surface area contributed by atoms with Crippen LogP contribution < -0.4 is 0 Å². The lowest BCUT2D eigenvalue weighted by Crippen LogP contribution is -2.17. The molecule has 1 unspecified atom stereocenters. The van der Waals surface area contributed by atoms with Gasteiger partial charge in [0.25, 0.3) is 0 Å². The molecule has 2 N–H and O–H groups in total. The van der Waals surface area contributed by atoms with Crippen LogP contribution in [0.1, 0.15) is 16.8 Å². The second-order valence-electron chi connectivity index (χ2n) is 3.48. The number of carboxylic acid groups (broad SMARTS) is 1. The summed E-state index contributed by atoms with van der Waals surface area (Å²) in [4.78, 5) is 10.2. The second kappa shape index (κ2) is 7.60. The number of carbonyl (C=O) groups is 1. The van der Waals surface area contributed by atoms with Crippen molar-refractivity contribution in [3.05, 3.63) is 48.0 Å². The molecule has 1 aromatic rings. The number of benzene rings is 1. The van der Waals surface area contributed by atoms with Gasteiger partial charge in [0, 0.05) is 0 Å². The third-order valence-electron chi connectivity index (χ3n) is 2.17. The third kappa shape index (κ3) is 5.29. The predicted octanol–water partition coefficient (Wildman–Crippen LogP) is 1.71. The monoisotopic (exact) mass is 236 g/mol. The molecule has 1 aliphatic heterocycles. The zero-order chi connectivity index (χ0) is 12.5. The van der Waals surface area contributed by atoms with Gasteiger partial charge in [-0.05, 0) is 18.6 Å². The fourth-order valence-corrected chi connectivity index (χ4v) is 1.29. The highest BCUT2D eigenvalue weighted by atomic mass is 16.5. The van der Waals surface area contributed by atoms with E-state index >= 15 is 0 Å². The van der Waals surface area contributed by atoms with Crippen LogP contribution in [-0.2, 0) is 4.74 Å². The van der Waals surface area contributed by atoms with E-state index in [1.54, 1.807) is 30.3 Å². The molecule has 4 nitrogen and oxygen atoms in total. The Labute approximate surface area is 100 Å². The van der Waals surface area contributed by atoms with Crippen LogP contribution in [0.25, 0.3) is 0 Å². The molecule has 4 heteroatoms. The topological polar surface area (TPSA) is 66.8 Å². The maximum absolute atomic E-state index is 10.2. The predicted molar refractivity (Wildman–Crippen MR) is 64.0 cm³/mol. The summed E-state index contributed by atoms with van der Waals surface area (Å²) in [5, 5.41) is 16.9. The lowest BCUT2D eigenvalue weighted by atomic mass is 10.2. The molecule has 0 amide bonds. The third-order valence-corrected chi connectivity index (χ3v) is 2.17. The van der Waals surface area contributed by atoms with E-state index in [9.17, 15) is 4.79 Å². The normalized spacial score (nSPS) is 18.1. The fraction of sp³-hybridized carbons (Fsp3) is 0.308. The highest BCUT2D eigenvalue weighted by molar-refractivity contribution is 5.87. The molecule has 0 aromatic heterocycles. The number of hydrogen-bond acceptors (Lipinski definition) is 3. The molecule has 1 aliphatic rings. The highest BCUT2D eigenvalue weighted by Gasteiger charge is 2.04. The van der Waals surface area contributed by atoms with Gasteiger partial charge < -0.3 is 14.9 Å². The highest BCUT2D eigenvalue weighted by Crippen LogP contribution is 2.02. The van der Waals surface area contributed by atoms with Crippen LogP contribution in [0.2, 0.25) is 0 Å². The van der Waals surface area contributed by atoms with E-state index in [1.165, 1.54) is 0 Å². The Morgan fingerprint density at radius 3 is 2.41 bits per heavy atom. The number of aliphatic hydroxyl groups is 1. The average Bonchev–Trinajstić information content (AvgIpc) is 2.41. The molecule has 1 atom stereocenters. The zero-order valence-corrected chi connectivity index (χ0v) is 9.45. The van der Waals surface area contributed by atoms with Crippen molar-refractivity contribution in [3.63, 3.8) is 0 Å². The van der Waals surface area contributed by atoms with Gasteiger partial charge in [0.05, 0.1) is 24.9 Å².